The van der Waals surface area contributed by atoms with Crippen LogP contribution < -0.4 is 5.73 Å². The fourth-order valence-corrected chi connectivity index (χ4v) is 2.84. The molecule has 0 rings (SSSR count). The lowest BCUT2D eigenvalue weighted by molar-refractivity contribution is -0.148. The Morgan fingerprint density at radius 2 is 0.841 bits per heavy atom. The van der Waals surface area contributed by atoms with Crippen LogP contribution in [0.25, 0.3) is 0 Å². The minimum atomic E-state index is -1.33. The van der Waals surface area contributed by atoms with Crippen LogP contribution in [0.5, 0.6) is 0 Å². The van der Waals surface area contributed by atoms with Gasteiger partial charge in [-0.05, 0) is 47.1 Å². The van der Waals surface area contributed by atoms with E-state index in [0.717, 1.165) is 12.8 Å². The Balaban J connectivity index is 5.94. The average Bonchev–Trinajstić information content (AvgIpc) is 2.96. The number of imide groups is 1. The molecular formula is C30H44N2O12. The van der Waals surface area contributed by atoms with Crippen LogP contribution in [0.2, 0.25) is 0 Å². The number of ether oxygens (including phenoxy) is 6. The molecule has 0 aromatic rings. The number of hydrogen-bond acceptors (Lipinski definition) is 13. The molecule has 2 amide bonds. The van der Waals surface area contributed by atoms with Crippen molar-refractivity contribution in [3.63, 3.8) is 0 Å². The van der Waals surface area contributed by atoms with E-state index in [2.05, 4.69) is 26.3 Å². The van der Waals surface area contributed by atoms with Crippen LogP contribution in [0.15, 0.2) is 48.6 Å². The van der Waals surface area contributed by atoms with Gasteiger partial charge in [0.1, 0.15) is 26.4 Å². The first-order valence-electron chi connectivity index (χ1n) is 13.8. The maximum atomic E-state index is 13.2. The molecule has 0 spiro atoms. The molecule has 2 N–H and O–H groups in total. The molecule has 0 atom stereocenters. The number of hydrogen-bond donors (Lipinski definition) is 1. The van der Waals surface area contributed by atoms with Crippen LogP contribution >= 0.6 is 0 Å². The summed E-state index contributed by atoms with van der Waals surface area (Å²) in [6, 6.07) is 0. The second-order valence-corrected chi connectivity index (χ2v) is 9.88. The fourth-order valence-electron chi connectivity index (χ4n) is 2.84. The van der Waals surface area contributed by atoms with Gasteiger partial charge in [0.25, 0.3) is 0 Å². The van der Waals surface area contributed by atoms with Crippen molar-refractivity contribution in [3.8, 4) is 0 Å². The number of rotatable bonds is 20. The highest BCUT2D eigenvalue weighted by atomic mass is 16.6. The van der Waals surface area contributed by atoms with Gasteiger partial charge in [-0.1, -0.05) is 39.2 Å². The Kier molecular flexibility index (Phi) is 19.1. The van der Waals surface area contributed by atoms with Crippen LogP contribution in [0, 0.1) is 0 Å². The quantitative estimate of drug-likeness (QED) is 0.0900. The SMILES string of the molecule is C=C(C)C(=O)OCC(COC(=O)C(=C)C)OC(=O)N(CCCCCCN)C(=O)OC(COC(=O)C(=C)C)COC(=O)C(=C)C. The van der Waals surface area contributed by atoms with Gasteiger partial charge in [0.2, 0.25) is 0 Å². The molecule has 0 saturated heterocycles. The van der Waals surface area contributed by atoms with Gasteiger partial charge in [0, 0.05) is 28.8 Å². The summed E-state index contributed by atoms with van der Waals surface area (Å²) in [4.78, 5) is 74.8. The number of carbonyl (C=O) groups is 6. The third-order valence-electron chi connectivity index (χ3n) is 5.31. The fraction of sp³-hybridized carbons (Fsp3) is 0.533. The lowest BCUT2D eigenvalue weighted by atomic mass is 10.2. The lowest BCUT2D eigenvalue weighted by Crippen LogP contribution is -2.44. The standard InChI is InChI=1S/C30H44N2O12/c1-19(2)25(33)39-15-23(16-40-26(34)20(3)4)43-29(37)32(14-12-10-9-11-13-31)30(38)44-24(17-41-27(35)21(5)6)18-42-28(36)22(7)8/h23-24H,1,3,5,7,9-18,31H2,2,4,6,8H3. The highest BCUT2D eigenvalue weighted by molar-refractivity contribution is 5.89. The van der Waals surface area contributed by atoms with Crippen molar-refractivity contribution in [1.82, 2.24) is 4.90 Å². The molecule has 246 valence electrons. The van der Waals surface area contributed by atoms with Crippen LogP contribution in [0.4, 0.5) is 9.59 Å². The van der Waals surface area contributed by atoms with Crippen molar-refractivity contribution in [3.05, 3.63) is 48.6 Å². The molecule has 0 aromatic carbocycles. The number of nitrogens with zero attached hydrogens (tertiary/aromatic N) is 1. The molecule has 0 bridgehead atoms. The van der Waals surface area contributed by atoms with Crippen molar-refractivity contribution < 1.29 is 57.2 Å². The third-order valence-corrected chi connectivity index (χ3v) is 5.31. The Bertz CT molecular complexity index is 960. The van der Waals surface area contributed by atoms with Crippen LogP contribution in [-0.4, -0.2) is 92.7 Å². The van der Waals surface area contributed by atoms with Gasteiger partial charge in [0.05, 0.1) is 0 Å². The topological polar surface area (TPSA) is 187 Å². The molecule has 0 aliphatic heterocycles. The Morgan fingerprint density at radius 1 is 0.545 bits per heavy atom. The predicted molar refractivity (Wildman–Crippen MR) is 158 cm³/mol. The minimum Gasteiger partial charge on any atom is -0.458 e. The summed E-state index contributed by atoms with van der Waals surface area (Å²) in [5.41, 5.74) is 5.81. The summed E-state index contributed by atoms with van der Waals surface area (Å²) in [5, 5.41) is 0. The minimum absolute atomic E-state index is 0.0717. The van der Waals surface area contributed by atoms with Crippen molar-refractivity contribution >= 4 is 36.1 Å². The summed E-state index contributed by atoms with van der Waals surface area (Å²) in [6.45, 7) is 17.7. The van der Waals surface area contributed by atoms with E-state index in [4.69, 9.17) is 34.2 Å². The zero-order chi connectivity index (χ0) is 33.8. The van der Waals surface area contributed by atoms with E-state index >= 15 is 0 Å². The van der Waals surface area contributed by atoms with Crippen molar-refractivity contribution in [2.24, 2.45) is 5.73 Å². The van der Waals surface area contributed by atoms with E-state index in [9.17, 15) is 28.8 Å². The molecule has 0 aliphatic rings. The normalized spacial score (nSPS) is 10.3. The summed E-state index contributed by atoms with van der Waals surface area (Å²) in [6.07, 6.45) is -2.70. The van der Waals surface area contributed by atoms with Gasteiger partial charge in [0.15, 0.2) is 12.2 Å². The molecule has 0 saturated carbocycles. The molecule has 0 radical (unpaired) electrons. The first-order chi connectivity index (χ1) is 20.6. The van der Waals surface area contributed by atoms with E-state index in [0.29, 0.717) is 24.3 Å². The van der Waals surface area contributed by atoms with E-state index in [-0.39, 0.29) is 28.8 Å². The number of carbonyl (C=O) groups excluding carboxylic acids is 6. The van der Waals surface area contributed by atoms with Crippen LogP contribution in [0.1, 0.15) is 53.4 Å². The van der Waals surface area contributed by atoms with Gasteiger partial charge < -0.3 is 34.2 Å². The monoisotopic (exact) mass is 624 g/mol. The molecule has 0 unspecified atom stereocenters. The van der Waals surface area contributed by atoms with Crippen molar-refractivity contribution in [2.75, 3.05) is 39.5 Å². The summed E-state index contributed by atoms with van der Waals surface area (Å²) >= 11 is 0. The summed E-state index contributed by atoms with van der Waals surface area (Å²) in [5.74, 6) is -3.15. The van der Waals surface area contributed by atoms with Crippen LogP contribution in [0.3, 0.4) is 0 Å². The molecule has 44 heavy (non-hydrogen) atoms. The Labute approximate surface area is 257 Å². The first-order valence-corrected chi connectivity index (χ1v) is 13.8. The second-order valence-electron chi connectivity index (χ2n) is 9.88. The maximum Gasteiger partial charge on any atom is 0.419 e. The molecule has 14 nitrogen and oxygen atoms in total. The largest absolute Gasteiger partial charge is 0.458 e. The van der Waals surface area contributed by atoms with E-state index in [1.165, 1.54) is 27.7 Å². The Hall–Kier alpha value is -4.46. The molecule has 0 heterocycles. The Morgan fingerprint density at radius 3 is 1.11 bits per heavy atom. The smallest absolute Gasteiger partial charge is 0.419 e. The third kappa shape index (κ3) is 16.9. The van der Waals surface area contributed by atoms with Gasteiger partial charge >= 0.3 is 36.1 Å². The number of nitrogens with two attached hydrogens (primary N) is 1. The zero-order valence-electron chi connectivity index (χ0n) is 26.0. The highest BCUT2D eigenvalue weighted by Gasteiger charge is 2.31. The average molecular weight is 625 g/mol. The molecule has 0 aliphatic carbocycles. The number of unbranched alkanes of at least 4 members (excludes halogenated alkanes) is 3. The van der Waals surface area contributed by atoms with E-state index < -0.39 is 74.7 Å². The van der Waals surface area contributed by atoms with Crippen LogP contribution in [-0.2, 0) is 47.6 Å². The molecule has 0 aromatic heterocycles. The van der Waals surface area contributed by atoms with Gasteiger partial charge in [-0.2, -0.15) is 0 Å². The lowest BCUT2D eigenvalue weighted by Gasteiger charge is -2.26. The van der Waals surface area contributed by atoms with Crippen molar-refractivity contribution in [2.45, 2.75) is 65.6 Å². The molecule has 14 heteroatoms. The van der Waals surface area contributed by atoms with E-state index in [1.54, 1.807) is 0 Å². The van der Waals surface area contributed by atoms with Gasteiger partial charge in [-0.25, -0.2) is 33.7 Å². The summed E-state index contributed by atoms with van der Waals surface area (Å²) in [7, 11) is 0. The number of amides is 2. The van der Waals surface area contributed by atoms with Gasteiger partial charge in [-0.15, -0.1) is 0 Å². The summed E-state index contributed by atoms with van der Waals surface area (Å²) < 4.78 is 30.9. The van der Waals surface area contributed by atoms with Gasteiger partial charge in [-0.3, -0.25) is 0 Å². The number of esters is 4. The molecule has 0 fully saturated rings. The predicted octanol–water partition coefficient (Wildman–Crippen LogP) is 3.30. The first kappa shape index (κ1) is 39.5. The highest BCUT2D eigenvalue weighted by Crippen LogP contribution is 2.11. The molecular weight excluding hydrogens is 580 g/mol. The van der Waals surface area contributed by atoms with Crippen molar-refractivity contribution in [1.29, 1.82) is 0 Å². The van der Waals surface area contributed by atoms with E-state index in [1.807, 2.05) is 0 Å². The second kappa shape index (κ2) is 21.3. The zero-order valence-corrected chi connectivity index (χ0v) is 26.0. The maximum absolute atomic E-state index is 13.2.